The van der Waals surface area contributed by atoms with Crippen molar-refractivity contribution in [2.24, 2.45) is 4.99 Å². The maximum absolute atomic E-state index is 13.2. The molecule has 8 nitrogen and oxygen atoms in total. The van der Waals surface area contributed by atoms with E-state index in [2.05, 4.69) is 9.98 Å². The van der Waals surface area contributed by atoms with Crippen molar-refractivity contribution in [1.29, 1.82) is 0 Å². The first kappa shape index (κ1) is 22.8. The average molecular weight is 457 g/mol. The number of nitrogens with zero attached hydrogens (tertiary/aromatic N) is 4. The number of aromatic nitrogens is 3. The molecule has 0 saturated carbocycles. The molecule has 0 unspecified atom stereocenters. The van der Waals surface area contributed by atoms with Gasteiger partial charge >= 0.3 is 5.97 Å². The maximum Gasteiger partial charge on any atom is 0.341 e. The largest absolute Gasteiger partial charge is 0.462 e. The number of rotatable bonds is 5. The van der Waals surface area contributed by atoms with Crippen molar-refractivity contribution >= 4 is 34.6 Å². The lowest BCUT2D eigenvalue weighted by Gasteiger charge is -2.17. The molecule has 0 radical (unpaired) electrons. The lowest BCUT2D eigenvalue weighted by Crippen LogP contribution is -2.33. The summed E-state index contributed by atoms with van der Waals surface area (Å²) >= 11 is 0. The third kappa shape index (κ3) is 4.43. The highest BCUT2D eigenvalue weighted by molar-refractivity contribution is 5.96. The lowest BCUT2D eigenvalue weighted by atomic mass is 10.2. The summed E-state index contributed by atoms with van der Waals surface area (Å²) in [6.45, 7) is 5.55. The molecule has 0 N–H and O–H groups in total. The van der Waals surface area contributed by atoms with Crippen molar-refractivity contribution in [3.05, 3.63) is 93.8 Å². The molecule has 172 valence electrons. The van der Waals surface area contributed by atoms with Crippen molar-refractivity contribution < 1.29 is 14.3 Å². The first-order valence-electron chi connectivity index (χ1n) is 11.0. The van der Waals surface area contributed by atoms with E-state index in [1.807, 2.05) is 44.2 Å². The Bertz CT molecular complexity index is 1550. The van der Waals surface area contributed by atoms with Crippen LogP contribution in [0.3, 0.4) is 0 Å². The fraction of sp³-hybridized carbons (Fsp3) is 0.192. The van der Waals surface area contributed by atoms with Crippen LogP contribution in [0.25, 0.3) is 22.8 Å². The van der Waals surface area contributed by atoms with Crippen LogP contribution in [-0.4, -0.2) is 32.4 Å². The fourth-order valence-corrected chi connectivity index (χ4v) is 3.68. The highest BCUT2D eigenvalue weighted by Crippen LogP contribution is 2.15. The molecule has 1 amide bonds. The Morgan fingerprint density at radius 3 is 2.56 bits per heavy atom. The lowest BCUT2D eigenvalue weighted by molar-refractivity contribution is -0.113. The number of esters is 1. The van der Waals surface area contributed by atoms with Crippen molar-refractivity contribution in [3.63, 3.8) is 0 Å². The Balaban J connectivity index is 2.03. The van der Waals surface area contributed by atoms with Crippen molar-refractivity contribution in [2.45, 2.75) is 26.8 Å². The number of fused-ring (bicyclic) bond motifs is 2. The van der Waals surface area contributed by atoms with Gasteiger partial charge in [0.2, 0.25) is 0 Å². The summed E-state index contributed by atoms with van der Waals surface area (Å²) in [4.78, 5) is 47.8. The molecule has 34 heavy (non-hydrogen) atoms. The number of ether oxygens (including phenoxy) is 1. The van der Waals surface area contributed by atoms with Crippen LogP contribution in [0.5, 0.6) is 0 Å². The summed E-state index contributed by atoms with van der Waals surface area (Å²) in [6.07, 6.45) is 4.60. The monoisotopic (exact) mass is 456 g/mol. The second-order valence-corrected chi connectivity index (χ2v) is 7.84. The molecule has 0 saturated heterocycles. The van der Waals surface area contributed by atoms with Crippen LogP contribution < -0.4 is 11.0 Å². The molecule has 1 aromatic carbocycles. The Morgan fingerprint density at radius 2 is 1.85 bits per heavy atom. The van der Waals surface area contributed by atoms with E-state index in [0.717, 1.165) is 5.56 Å². The second-order valence-electron chi connectivity index (χ2n) is 7.84. The van der Waals surface area contributed by atoms with Crippen molar-refractivity contribution in [1.82, 2.24) is 14.0 Å². The third-order valence-corrected chi connectivity index (χ3v) is 5.18. The van der Waals surface area contributed by atoms with E-state index in [1.165, 1.54) is 16.5 Å². The van der Waals surface area contributed by atoms with E-state index in [0.29, 0.717) is 11.3 Å². The van der Waals surface area contributed by atoms with Gasteiger partial charge in [0.15, 0.2) is 5.49 Å². The van der Waals surface area contributed by atoms with Crippen LogP contribution in [0.2, 0.25) is 0 Å². The van der Waals surface area contributed by atoms with Crippen molar-refractivity contribution in [3.8, 4) is 0 Å². The molecule has 4 rings (SSSR count). The van der Waals surface area contributed by atoms with Gasteiger partial charge in [0.1, 0.15) is 16.9 Å². The van der Waals surface area contributed by atoms with Gasteiger partial charge in [0, 0.05) is 18.3 Å². The summed E-state index contributed by atoms with van der Waals surface area (Å²) < 4.78 is 8.26. The molecule has 3 heterocycles. The molecular formula is C26H24N4O4. The van der Waals surface area contributed by atoms with Crippen LogP contribution >= 0.6 is 0 Å². The van der Waals surface area contributed by atoms with Crippen LogP contribution in [0.4, 0.5) is 0 Å². The number of carbonyl (C=O) groups is 2. The first-order chi connectivity index (χ1) is 16.4. The highest BCUT2D eigenvalue weighted by Gasteiger charge is 2.20. The zero-order valence-corrected chi connectivity index (χ0v) is 19.1. The quantitative estimate of drug-likeness (QED) is 0.260. The maximum atomic E-state index is 13.2. The topological polar surface area (TPSA) is 95.0 Å². The molecule has 0 aliphatic rings. The molecule has 0 atom stereocenters. The minimum Gasteiger partial charge on any atom is -0.462 e. The van der Waals surface area contributed by atoms with Gasteiger partial charge in [-0.25, -0.2) is 9.78 Å². The predicted molar refractivity (Wildman–Crippen MR) is 129 cm³/mol. The minimum absolute atomic E-state index is 0.0271. The number of hydrogen-bond donors (Lipinski definition) is 0. The SMILES string of the molecule is CCOC(=O)c1cc2c(=O)n3ccccc3nc2n(C(C)C)c1=NC(=O)/C=C\c1ccccc1. The number of hydrogen-bond acceptors (Lipinski definition) is 5. The van der Waals surface area contributed by atoms with Crippen LogP contribution in [0.1, 0.15) is 42.7 Å². The standard InChI is InChI=1S/C26H24N4O4/c1-4-34-26(33)20-16-19-23(27-21-12-8-9-15-29(21)25(19)32)30(17(2)3)24(20)28-22(31)14-13-18-10-6-5-7-11-18/h5-17H,4H2,1-3H3/b14-13-,28-24?. The minimum atomic E-state index is -0.671. The summed E-state index contributed by atoms with van der Waals surface area (Å²) in [5, 5.41) is 0.228. The average Bonchev–Trinajstić information content (AvgIpc) is 2.83. The molecule has 0 bridgehead atoms. The molecule has 0 aliphatic carbocycles. The zero-order chi connectivity index (χ0) is 24.2. The Kier molecular flexibility index (Phi) is 6.49. The van der Waals surface area contributed by atoms with Crippen LogP contribution in [0.15, 0.2) is 76.7 Å². The normalized spacial score (nSPS) is 12.2. The van der Waals surface area contributed by atoms with Crippen LogP contribution in [-0.2, 0) is 9.53 Å². The Morgan fingerprint density at radius 1 is 1.12 bits per heavy atom. The molecular weight excluding hydrogens is 432 g/mol. The van der Waals surface area contributed by atoms with Crippen LogP contribution in [0, 0.1) is 0 Å². The predicted octanol–water partition coefficient (Wildman–Crippen LogP) is 3.55. The Labute approximate surface area is 195 Å². The highest BCUT2D eigenvalue weighted by atomic mass is 16.5. The van der Waals surface area contributed by atoms with E-state index < -0.39 is 11.9 Å². The summed E-state index contributed by atoms with van der Waals surface area (Å²) in [7, 11) is 0. The van der Waals surface area contributed by atoms with Gasteiger partial charge in [-0.2, -0.15) is 4.99 Å². The molecule has 8 heteroatoms. The number of benzene rings is 1. The third-order valence-electron chi connectivity index (χ3n) is 5.18. The van der Waals surface area contributed by atoms with Gasteiger partial charge in [0.05, 0.1) is 12.0 Å². The van der Waals surface area contributed by atoms with E-state index in [4.69, 9.17) is 4.74 Å². The van der Waals surface area contributed by atoms with Gasteiger partial charge in [-0.15, -0.1) is 0 Å². The summed E-state index contributed by atoms with van der Waals surface area (Å²) in [5.41, 5.74) is 1.41. The number of carbonyl (C=O) groups excluding carboxylic acids is 2. The number of pyridine rings is 2. The van der Waals surface area contributed by atoms with E-state index in [1.54, 1.807) is 42.0 Å². The van der Waals surface area contributed by atoms with Gasteiger partial charge in [0.25, 0.3) is 11.5 Å². The second kappa shape index (κ2) is 9.66. The molecule has 0 fully saturated rings. The molecule has 0 aliphatic heterocycles. The summed E-state index contributed by atoms with van der Waals surface area (Å²) in [6, 6.07) is 15.7. The van der Waals surface area contributed by atoms with Crippen molar-refractivity contribution in [2.75, 3.05) is 6.61 Å². The van der Waals surface area contributed by atoms with Gasteiger partial charge in [-0.05, 0) is 50.6 Å². The van der Waals surface area contributed by atoms with Gasteiger partial charge < -0.3 is 9.30 Å². The zero-order valence-electron chi connectivity index (χ0n) is 19.1. The van der Waals surface area contributed by atoms with E-state index in [-0.39, 0.29) is 34.6 Å². The fourth-order valence-electron chi connectivity index (χ4n) is 3.68. The van der Waals surface area contributed by atoms with Gasteiger partial charge in [-0.3, -0.25) is 14.0 Å². The summed E-state index contributed by atoms with van der Waals surface area (Å²) in [5.74, 6) is -1.23. The van der Waals surface area contributed by atoms with Gasteiger partial charge in [-0.1, -0.05) is 36.4 Å². The van der Waals surface area contributed by atoms with E-state index in [9.17, 15) is 14.4 Å². The first-order valence-corrected chi connectivity index (χ1v) is 11.0. The Hall–Kier alpha value is -4.33. The molecule has 3 aromatic heterocycles. The molecule has 0 spiro atoms. The molecule has 4 aromatic rings. The number of amides is 1. The smallest absolute Gasteiger partial charge is 0.341 e. The van der Waals surface area contributed by atoms with E-state index >= 15 is 0 Å².